The Hall–Kier alpha value is -5.17. The van der Waals surface area contributed by atoms with Crippen LogP contribution < -0.4 is 19.6 Å². The van der Waals surface area contributed by atoms with E-state index in [-0.39, 0.29) is 0 Å². The number of hydrogen-bond donors (Lipinski definition) is 1. The highest BCUT2D eigenvalue weighted by atomic mass is 16.7. The minimum Gasteiger partial charge on any atom is -0.446 e. The highest BCUT2D eigenvalue weighted by Crippen LogP contribution is 2.16. The smallest absolute Gasteiger partial charge is 0.336 e. The van der Waals surface area contributed by atoms with Crippen molar-refractivity contribution in [1.29, 1.82) is 0 Å². The molecular formula is C30H24N2O5. The molecule has 37 heavy (non-hydrogen) atoms. The first-order chi connectivity index (χ1) is 18.2. The fourth-order valence-corrected chi connectivity index (χ4v) is 3.10. The molecule has 4 aromatic carbocycles. The molecule has 7 heteroatoms. The first kappa shape index (κ1) is 24.9. The Balaban J connectivity index is 1.32. The molecule has 0 bridgehead atoms. The molecule has 0 saturated heterocycles. The molecule has 0 fully saturated rings. The predicted octanol–water partition coefficient (Wildman–Crippen LogP) is 5.24. The fourth-order valence-electron chi connectivity index (χ4n) is 3.10. The van der Waals surface area contributed by atoms with Crippen LogP contribution in [-0.2, 0) is 9.59 Å². The van der Waals surface area contributed by atoms with Crippen LogP contribution >= 0.6 is 0 Å². The van der Waals surface area contributed by atoms with Gasteiger partial charge in [0.15, 0.2) is 0 Å². The van der Waals surface area contributed by atoms with Gasteiger partial charge in [0.05, 0.1) is 6.21 Å². The van der Waals surface area contributed by atoms with Crippen molar-refractivity contribution in [3.8, 4) is 17.2 Å². The van der Waals surface area contributed by atoms with Crippen LogP contribution in [0.4, 0.5) is 0 Å². The molecule has 0 unspecified atom stereocenters. The second kappa shape index (κ2) is 13.1. The van der Waals surface area contributed by atoms with Crippen molar-refractivity contribution >= 4 is 24.2 Å². The molecule has 0 saturated carbocycles. The summed E-state index contributed by atoms with van der Waals surface area (Å²) < 4.78 is 16.7. The van der Waals surface area contributed by atoms with E-state index < -0.39 is 18.2 Å². The Bertz CT molecular complexity index is 1300. The summed E-state index contributed by atoms with van der Waals surface area (Å²) in [4.78, 5) is 24.8. The van der Waals surface area contributed by atoms with E-state index in [1.807, 2.05) is 42.5 Å². The highest BCUT2D eigenvalue weighted by molar-refractivity contribution is 5.89. The normalized spacial score (nSPS) is 10.9. The van der Waals surface area contributed by atoms with Crippen molar-refractivity contribution in [3.05, 3.63) is 132 Å². The lowest BCUT2D eigenvalue weighted by Gasteiger charge is -2.18. The molecule has 0 aliphatic heterocycles. The number of para-hydroxylation sites is 2. The van der Waals surface area contributed by atoms with E-state index in [2.05, 4.69) is 10.5 Å². The average molecular weight is 493 g/mol. The number of nitrogens with one attached hydrogen (secondary N) is 1. The zero-order valence-electron chi connectivity index (χ0n) is 19.8. The number of carbonyl (C=O) groups is 2. The predicted molar refractivity (Wildman–Crippen MR) is 141 cm³/mol. The Morgan fingerprint density at radius 1 is 0.649 bits per heavy atom. The van der Waals surface area contributed by atoms with E-state index in [1.54, 1.807) is 78.9 Å². The Morgan fingerprint density at radius 3 is 1.76 bits per heavy atom. The molecule has 0 aliphatic carbocycles. The van der Waals surface area contributed by atoms with Gasteiger partial charge in [0.25, 0.3) is 0 Å². The number of rotatable bonds is 10. The van der Waals surface area contributed by atoms with Gasteiger partial charge in [-0.1, -0.05) is 66.7 Å². The number of carbonyl (C=O) groups excluding carboxylic acids is 2. The van der Waals surface area contributed by atoms with Crippen LogP contribution in [-0.4, -0.2) is 24.4 Å². The van der Waals surface area contributed by atoms with Gasteiger partial charge in [0, 0.05) is 6.08 Å². The molecule has 0 atom stereocenters. The van der Waals surface area contributed by atoms with Crippen molar-refractivity contribution in [3.63, 3.8) is 0 Å². The summed E-state index contributed by atoms with van der Waals surface area (Å²) in [5.41, 5.74) is 4.02. The van der Waals surface area contributed by atoms with E-state index in [1.165, 1.54) is 12.3 Å². The Kier molecular flexibility index (Phi) is 8.80. The van der Waals surface area contributed by atoms with Crippen LogP contribution in [0.2, 0.25) is 0 Å². The van der Waals surface area contributed by atoms with Crippen LogP contribution in [0.25, 0.3) is 6.08 Å². The van der Waals surface area contributed by atoms with Crippen LogP contribution in [0.15, 0.2) is 126 Å². The van der Waals surface area contributed by atoms with E-state index in [4.69, 9.17) is 14.2 Å². The average Bonchev–Trinajstić information content (AvgIpc) is 2.94. The van der Waals surface area contributed by atoms with Gasteiger partial charge in [-0.2, -0.15) is 5.10 Å². The summed E-state index contributed by atoms with van der Waals surface area (Å²) in [6, 6.07) is 33.9. The van der Waals surface area contributed by atoms with Gasteiger partial charge < -0.3 is 14.2 Å². The Morgan fingerprint density at radius 2 is 1.19 bits per heavy atom. The van der Waals surface area contributed by atoms with Gasteiger partial charge in [-0.15, -0.1) is 0 Å². The number of nitrogens with zero attached hydrogens (tertiary/aromatic N) is 1. The van der Waals surface area contributed by atoms with Crippen LogP contribution in [0, 0.1) is 0 Å². The van der Waals surface area contributed by atoms with Crippen molar-refractivity contribution in [2.24, 2.45) is 5.10 Å². The minimum atomic E-state index is -1.26. The molecule has 184 valence electrons. The molecule has 0 aromatic heterocycles. The number of benzene rings is 4. The van der Waals surface area contributed by atoms with E-state index in [0.29, 0.717) is 22.8 Å². The minimum absolute atomic E-state index is 0.386. The molecule has 7 nitrogen and oxygen atoms in total. The number of hydrazone groups is 1. The summed E-state index contributed by atoms with van der Waals surface area (Å²) in [6.07, 6.45) is 3.25. The fraction of sp³-hybridized carbons (Fsp3) is 0.0333. The van der Waals surface area contributed by atoms with Gasteiger partial charge in [0.2, 0.25) is 0 Å². The van der Waals surface area contributed by atoms with E-state index >= 15 is 0 Å². The molecule has 0 aliphatic rings. The molecule has 0 radical (unpaired) electrons. The van der Waals surface area contributed by atoms with E-state index in [9.17, 15) is 9.59 Å². The first-order valence-corrected chi connectivity index (χ1v) is 11.5. The zero-order chi connectivity index (χ0) is 25.7. The van der Waals surface area contributed by atoms with Crippen molar-refractivity contribution in [1.82, 2.24) is 5.43 Å². The highest BCUT2D eigenvalue weighted by Gasteiger charge is 2.22. The molecule has 1 N–H and O–H groups in total. The van der Waals surface area contributed by atoms with Gasteiger partial charge in [-0.25, -0.2) is 10.2 Å². The zero-order valence-corrected chi connectivity index (χ0v) is 19.8. The lowest BCUT2D eigenvalue weighted by atomic mass is 10.2. The third-order valence-electron chi connectivity index (χ3n) is 4.89. The SMILES string of the molecule is O=C(/C=C/c1ccccc1)Oc1ccc(/C=N\NC(=O)C(Oc2ccccc2)Oc2ccccc2)cc1. The number of esters is 1. The molecule has 0 spiro atoms. The monoisotopic (exact) mass is 492 g/mol. The van der Waals surface area contributed by atoms with Gasteiger partial charge >= 0.3 is 18.2 Å². The number of amides is 1. The van der Waals surface area contributed by atoms with Crippen molar-refractivity contribution in [2.75, 3.05) is 0 Å². The van der Waals surface area contributed by atoms with Gasteiger partial charge in [-0.3, -0.25) is 4.79 Å². The number of hydrogen-bond acceptors (Lipinski definition) is 6. The third kappa shape index (κ3) is 8.22. The second-order valence-corrected chi connectivity index (χ2v) is 7.66. The standard InChI is InChI=1S/C30H24N2O5/c33-28(21-18-23-10-4-1-5-11-23)35-27-19-16-24(17-20-27)22-31-32-29(34)30(36-25-12-6-2-7-13-25)37-26-14-8-3-9-15-26/h1-22,30H,(H,32,34)/b21-18+,31-22-. The largest absolute Gasteiger partial charge is 0.446 e. The molecular weight excluding hydrogens is 468 g/mol. The van der Waals surface area contributed by atoms with Crippen LogP contribution in [0.3, 0.4) is 0 Å². The maximum atomic E-state index is 12.7. The topological polar surface area (TPSA) is 86.2 Å². The molecule has 0 heterocycles. The van der Waals surface area contributed by atoms with Crippen LogP contribution in [0.5, 0.6) is 17.2 Å². The summed E-state index contributed by atoms with van der Waals surface area (Å²) >= 11 is 0. The maximum absolute atomic E-state index is 12.7. The van der Waals surface area contributed by atoms with E-state index in [0.717, 1.165) is 5.56 Å². The summed E-state index contributed by atoms with van der Waals surface area (Å²) in [7, 11) is 0. The summed E-state index contributed by atoms with van der Waals surface area (Å²) in [5.74, 6) is 0.272. The quantitative estimate of drug-likeness (QED) is 0.0817. The molecule has 4 aromatic rings. The molecule has 4 rings (SSSR count). The lowest BCUT2D eigenvalue weighted by molar-refractivity contribution is -0.140. The lowest BCUT2D eigenvalue weighted by Crippen LogP contribution is -2.40. The van der Waals surface area contributed by atoms with Crippen molar-refractivity contribution in [2.45, 2.75) is 6.29 Å². The van der Waals surface area contributed by atoms with Crippen molar-refractivity contribution < 1.29 is 23.8 Å². The second-order valence-electron chi connectivity index (χ2n) is 7.66. The number of ether oxygens (including phenoxy) is 3. The van der Waals surface area contributed by atoms with Gasteiger partial charge in [-0.05, 0) is 65.7 Å². The summed E-state index contributed by atoms with van der Waals surface area (Å²) in [6.45, 7) is 0. The first-order valence-electron chi connectivity index (χ1n) is 11.5. The van der Waals surface area contributed by atoms with Gasteiger partial charge in [0.1, 0.15) is 17.2 Å². The molecule has 1 amide bonds. The maximum Gasteiger partial charge on any atom is 0.336 e. The third-order valence-corrected chi connectivity index (χ3v) is 4.89. The summed E-state index contributed by atoms with van der Waals surface area (Å²) in [5, 5.41) is 4.00. The van der Waals surface area contributed by atoms with Crippen LogP contribution in [0.1, 0.15) is 11.1 Å². The Labute approximate surface area is 214 Å².